The standard InChI is InChI=1S/C26H20NOP/c28-29(23-10-3-1-4-11-23,24-12-5-2-6-13-24)25-17-15-22(16-18-25)27-20-19-21-9-7-8-14-26(21)27/h1-20H. The van der Waals surface area contributed by atoms with Crippen LogP contribution in [0.2, 0.25) is 0 Å². The second kappa shape index (κ2) is 7.24. The molecule has 0 bridgehead atoms. The Bertz CT molecular complexity index is 1260. The molecule has 0 aliphatic heterocycles. The lowest BCUT2D eigenvalue weighted by molar-refractivity contribution is 0.592. The van der Waals surface area contributed by atoms with Crippen LogP contribution in [0, 0.1) is 0 Å². The van der Waals surface area contributed by atoms with E-state index in [-0.39, 0.29) is 0 Å². The summed E-state index contributed by atoms with van der Waals surface area (Å²) in [4.78, 5) is 0. The van der Waals surface area contributed by atoms with Crippen LogP contribution in [0.3, 0.4) is 0 Å². The highest BCUT2D eigenvalue weighted by molar-refractivity contribution is 7.85. The lowest BCUT2D eigenvalue weighted by atomic mass is 10.2. The first-order chi connectivity index (χ1) is 14.3. The normalized spacial score (nSPS) is 11.6. The molecule has 0 spiro atoms. The van der Waals surface area contributed by atoms with Gasteiger partial charge in [-0.25, -0.2) is 0 Å². The molecule has 1 aromatic heterocycles. The maximum Gasteiger partial charge on any atom is 0.171 e. The third-order valence-corrected chi connectivity index (χ3v) is 8.41. The van der Waals surface area contributed by atoms with Gasteiger partial charge in [0.05, 0.1) is 5.52 Å². The van der Waals surface area contributed by atoms with Gasteiger partial charge in [-0.3, -0.25) is 0 Å². The van der Waals surface area contributed by atoms with E-state index in [0.717, 1.165) is 27.1 Å². The number of hydrogen-bond acceptors (Lipinski definition) is 1. The van der Waals surface area contributed by atoms with Crippen molar-refractivity contribution in [3.8, 4) is 5.69 Å². The summed E-state index contributed by atoms with van der Waals surface area (Å²) >= 11 is 0. The van der Waals surface area contributed by atoms with E-state index < -0.39 is 7.14 Å². The monoisotopic (exact) mass is 393 g/mol. The Morgan fingerprint density at radius 2 is 1.03 bits per heavy atom. The summed E-state index contributed by atoms with van der Waals surface area (Å²) in [6, 6.07) is 38.1. The molecule has 0 aliphatic carbocycles. The van der Waals surface area contributed by atoms with E-state index in [1.165, 1.54) is 5.39 Å². The lowest BCUT2D eigenvalue weighted by Crippen LogP contribution is -2.24. The Kier molecular flexibility index (Phi) is 4.42. The molecule has 2 nitrogen and oxygen atoms in total. The highest BCUT2D eigenvalue weighted by Gasteiger charge is 2.29. The van der Waals surface area contributed by atoms with Crippen LogP contribution >= 0.6 is 7.14 Å². The molecule has 3 heteroatoms. The maximum atomic E-state index is 14.4. The average molecular weight is 393 g/mol. The zero-order valence-electron chi connectivity index (χ0n) is 15.8. The highest BCUT2D eigenvalue weighted by Crippen LogP contribution is 2.42. The predicted molar refractivity (Wildman–Crippen MR) is 123 cm³/mol. The summed E-state index contributed by atoms with van der Waals surface area (Å²) < 4.78 is 16.6. The van der Waals surface area contributed by atoms with Gasteiger partial charge in [-0.2, -0.15) is 0 Å². The number of fused-ring (bicyclic) bond motifs is 1. The summed E-state index contributed by atoms with van der Waals surface area (Å²) in [5, 5.41) is 3.75. The first-order valence-electron chi connectivity index (χ1n) is 9.65. The van der Waals surface area contributed by atoms with E-state index >= 15 is 0 Å². The van der Waals surface area contributed by atoms with Gasteiger partial charge in [0, 0.05) is 27.8 Å². The van der Waals surface area contributed by atoms with Crippen molar-refractivity contribution in [2.45, 2.75) is 0 Å². The van der Waals surface area contributed by atoms with Gasteiger partial charge in [0.15, 0.2) is 7.14 Å². The summed E-state index contributed by atoms with van der Waals surface area (Å²) in [6.07, 6.45) is 2.08. The average Bonchev–Trinajstić information content (AvgIpc) is 3.24. The fraction of sp³-hybridized carbons (Fsp3) is 0. The number of hydrogen-bond donors (Lipinski definition) is 0. The predicted octanol–water partition coefficient (Wildman–Crippen LogP) is 5.27. The van der Waals surface area contributed by atoms with E-state index in [4.69, 9.17) is 0 Å². The summed E-state index contributed by atoms with van der Waals surface area (Å²) in [6.45, 7) is 0. The van der Waals surface area contributed by atoms with E-state index in [1.807, 2.05) is 84.9 Å². The third-order valence-electron chi connectivity index (χ3n) is 5.33. The quantitative estimate of drug-likeness (QED) is 0.381. The molecule has 5 aromatic rings. The maximum absolute atomic E-state index is 14.4. The fourth-order valence-electron chi connectivity index (χ4n) is 3.85. The van der Waals surface area contributed by atoms with Crippen LogP contribution in [0.25, 0.3) is 16.6 Å². The van der Waals surface area contributed by atoms with Crippen molar-refractivity contribution in [3.05, 3.63) is 121 Å². The fourth-order valence-corrected chi connectivity index (χ4v) is 6.50. The Morgan fingerprint density at radius 3 is 1.66 bits per heavy atom. The number of nitrogens with zero attached hydrogens (tertiary/aromatic N) is 1. The van der Waals surface area contributed by atoms with Crippen molar-refractivity contribution < 1.29 is 4.57 Å². The first-order valence-corrected chi connectivity index (χ1v) is 11.4. The Labute approximate surface area is 170 Å². The molecule has 0 saturated heterocycles. The highest BCUT2D eigenvalue weighted by atomic mass is 31.2. The van der Waals surface area contributed by atoms with Gasteiger partial charge in [0.2, 0.25) is 0 Å². The number of benzene rings is 4. The minimum Gasteiger partial charge on any atom is -0.317 e. The van der Waals surface area contributed by atoms with E-state index in [1.54, 1.807) is 0 Å². The smallest absolute Gasteiger partial charge is 0.171 e. The molecular weight excluding hydrogens is 373 g/mol. The molecule has 0 unspecified atom stereocenters. The second-order valence-corrected chi connectivity index (χ2v) is 9.81. The van der Waals surface area contributed by atoms with E-state index in [2.05, 4.69) is 41.1 Å². The van der Waals surface area contributed by atoms with Crippen molar-refractivity contribution in [1.82, 2.24) is 4.57 Å². The molecule has 140 valence electrons. The van der Waals surface area contributed by atoms with Gasteiger partial charge in [-0.1, -0.05) is 78.9 Å². The van der Waals surface area contributed by atoms with Crippen molar-refractivity contribution in [2.24, 2.45) is 0 Å². The molecule has 0 aliphatic rings. The molecule has 5 rings (SSSR count). The Balaban J connectivity index is 1.64. The van der Waals surface area contributed by atoms with Crippen molar-refractivity contribution >= 4 is 34.0 Å². The largest absolute Gasteiger partial charge is 0.317 e. The minimum absolute atomic E-state index is 0.843. The van der Waals surface area contributed by atoms with Gasteiger partial charge >= 0.3 is 0 Å². The van der Waals surface area contributed by atoms with Crippen LogP contribution in [0.15, 0.2) is 121 Å². The second-order valence-electron chi connectivity index (χ2n) is 7.04. The van der Waals surface area contributed by atoms with Crippen LogP contribution in [0.5, 0.6) is 0 Å². The Morgan fingerprint density at radius 1 is 0.517 bits per heavy atom. The molecule has 1 heterocycles. The first kappa shape index (κ1) is 17.7. The van der Waals surface area contributed by atoms with Crippen molar-refractivity contribution in [2.75, 3.05) is 0 Å². The van der Waals surface area contributed by atoms with E-state index in [0.29, 0.717) is 0 Å². The summed E-state index contributed by atoms with van der Waals surface area (Å²) in [5.74, 6) is 0. The molecular formula is C26H20NOP. The molecule has 0 saturated carbocycles. The molecule has 29 heavy (non-hydrogen) atoms. The SMILES string of the molecule is O=P(c1ccccc1)(c1ccccc1)c1ccc(-n2ccc3ccccc32)cc1. The zero-order valence-corrected chi connectivity index (χ0v) is 16.7. The molecule has 0 amide bonds. The molecule has 0 atom stereocenters. The number of rotatable bonds is 4. The van der Waals surface area contributed by atoms with E-state index in [9.17, 15) is 4.57 Å². The van der Waals surface area contributed by atoms with Crippen LogP contribution in [-0.4, -0.2) is 4.57 Å². The van der Waals surface area contributed by atoms with Crippen molar-refractivity contribution in [1.29, 1.82) is 0 Å². The number of aromatic nitrogens is 1. The van der Waals surface area contributed by atoms with Gasteiger partial charge in [-0.15, -0.1) is 0 Å². The van der Waals surface area contributed by atoms with Gasteiger partial charge in [0.25, 0.3) is 0 Å². The summed E-state index contributed by atoms with van der Waals surface area (Å²) in [5.41, 5.74) is 2.22. The van der Waals surface area contributed by atoms with Crippen LogP contribution < -0.4 is 15.9 Å². The van der Waals surface area contributed by atoms with Crippen molar-refractivity contribution in [3.63, 3.8) is 0 Å². The molecule has 4 aromatic carbocycles. The lowest BCUT2D eigenvalue weighted by Gasteiger charge is -2.20. The molecule has 0 N–H and O–H groups in total. The van der Waals surface area contributed by atoms with Gasteiger partial charge in [0.1, 0.15) is 0 Å². The van der Waals surface area contributed by atoms with Crippen LogP contribution in [-0.2, 0) is 4.57 Å². The zero-order chi connectivity index (χ0) is 19.7. The van der Waals surface area contributed by atoms with Crippen LogP contribution in [0.4, 0.5) is 0 Å². The summed E-state index contributed by atoms with van der Waals surface area (Å²) in [7, 11) is -2.93. The van der Waals surface area contributed by atoms with Gasteiger partial charge < -0.3 is 9.13 Å². The van der Waals surface area contributed by atoms with Crippen LogP contribution in [0.1, 0.15) is 0 Å². The molecule has 0 radical (unpaired) electrons. The molecule has 0 fully saturated rings. The topological polar surface area (TPSA) is 22.0 Å². The minimum atomic E-state index is -2.93. The Hall–Kier alpha value is -3.35. The number of para-hydroxylation sites is 1. The van der Waals surface area contributed by atoms with Gasteiger partial charge in [-0.05, 0) is 41.8 Å². The third kappa shape index (κ3) is 3.03.